The average molecular weight is 251 g/mol. The number of anilines is 2. The highest BCUT2D eigenvalue weighted by atomic mass is 35.5. The fourth-order valence-corrected chi connectivity index (χ4v) is 1.72. The van der Waals surface area contributed by atoms with E-state index in [4.69, 9.17) is 27.8 Å². The van der Waals surface area contributed by atoms with Crippen LogP contribution in [-0.2, 0) is 0 Å². The molecule has 0 bridgehead atoms. The lowest BCUT2D eigenvalue weighted by Gasteiger charge is -2.06. The van der Waals surface area contributed by atoms with Crippen molar-refractivity contribution in [1.29, 1.82) is 0 Å². The van der Waals surface area contributed by atoms with E-state index in [0.29, 0.717) is 22.3 Å². The van der Waals surface area contributed by atoms with Gasteiger partial charge in [0.1, 0.15) is 11.6 Å². The maximum absolute atomic E-state index is 6.03. The molecule has 0 aliphatic heterocycles. The van der Waals surface area contributed by atoms with E-state index in [2.05, 4.69) is 9.97 Å². The number of hydrogen-bond acceptors (Lipinski definition) is 5. The summed E-state index contributed by atoms with van der Waals surface area (Å²) in [5.74, 6) is 1.05. The van der Waals surface area contributed by atoms with Crippen LogP contribution in [0.2, 0.25) is 5.02 Å². The van der Waals surface area contributed by atoms with Crippen molar-refractivity contribution < 1.29 is 4.74 Å². The Kier molecular flexibility index (Phi) is 3.01. The molecule has 0 radical (unpaired) electrons. The lowest BCUT2D eigenvalue weighted by molar-refractivity contribution is 0.415. The Morgan fingerprint density at radius 2 is 1.94 bits per heavy atom. The third-order valence-corrected chi connectivity index (χ3v) is 2.51. The summed E-state index contributed by atoms with van der Waals surface area (Å²) in [6.07, 6.45) is 0. The van der Waals surface area contributed by atoms with Gasteiger partial charge in [-0.3, -0.25) is 0 Å². The number of rotatable bonds is 2. The molecule has 0 saturated carbocycles. The number of aromatic nitrogens is 2. The highest BCUT2D eigenvalue weighted by Gasteiger charge is 2.06. The van der Waals surface area contributed by atoms with Crippen LogP contribution in [-0.4, -0.2) is 17.1 Å². The van der Waals surface area contributed by atoms with Crippen molar-refractivity contribution in [3.8, 4) is 17.0 Å². The Bertz CT molecular complexity index is 539. The monoisotopic (exact) mass is 250 g/mol. The van der Waals surface area contributed by atoms with Crippen LogP contribution in [0.25, 0.3) is 11.3 Å². The molecule has 88 valence electrons. The van der Waals surface area contributed by atoms with E-state index < -0.39 is 0 Å². The van der Waals surface area contributed by atoms with Gasteiger partial charge in [-0.15, -0.1) is 0 Å². The quantitative estimate of drug-likeness (QED) is 0.851. The third-order valence-electron chi connectivity index (χ3n) is 2.21. The number of benzene rings is 1. The number of hydrogen-bond donors (Lipinski definition) is 2. The molecule has 0 aliphatic rings. The second-order valence-corrected chi connectivity index (χ2v) is 3.79. The van der Waals surface area contributed by atoms with Gasteiger partial charge >= 0.3 is 0 Å². The molecule has 1 aromatic heterocycles. The molecule has 6 heteroatoms. The molecule has 0 amide bonds. The molecule has 2 aromatic rings. The van der Waals surface area contributed by atoms with E-state index in [1.54, 1.807) is 25.3 Å². The summed E-state index contributed by atoms with van der Waals surface area (Å²) in [6.45, 7) is 0. The molecule has 17 heavy (non-hydrogen) atoms. The lowest BCUT2D eigenvalue weighted by atomic mass is 10.1. The van der Waals surface area contributed by atoms with Crippen molar-refractivity contribution in [2.75, 3.05) is 18.6 Å². The number of methoxy groups -OCH3 is 1. The van der Waals surface area contributed by atoms with E-state index in [0.717, 1.165) is 5.56 Å². The molecule has 0 spiro atoms. The average Bonchev–Trinajstić information content (AvgIpc) is 2.27. The molecule has 1 heterocycles. The highest BCUT2D eigenvalue weighted by Crippen LogP contribution is 2.29. The number of ether oxygens (including phenoxy) is 1. The second kappa shape index (κ2) is 4.47. The van der Waals surface area contributed by atoms with Crippen molar-refractivity contribution in [3.63, 3.8) is 0 Å². The van der Waals surface area contributed by atoms with Crippen LogP contribution >= 0.6 is 11.6 Å². The van der Waals surface area contributed by atoms with Gasteiger partial charge in [-0.1, -0.05) is 11.6 Å². The molecule has 2 rings (SSSR count). The number of nitrogens with two attached hydrogens (primary N) is 2. The molecular weight excluding hydrogens is 240 g/mol. The van der Waals surface area contributed by atoms with Crippen LogP contribution in [0.3, 0.4) is 0 Å². The fourth-order valence-electron chi connectivity index (χ4n) is 1.46. The Morgan fingerprint density at radius 3 is 2.53 bits per heavy atom. The summed E-state index contributed by atoms with van der Waals surface area (Å²) in [5, 5.41) is 0.501. The zero-order chi connectivity index (χ0) is 12.4. The molecule has 0 fully saturated rings. The van der Waals surface area contributed by atoms with Crippen LogP contribution < -0.4 is 16.2 Å². The van der Waals surface area contributed by atoms with Gasteiger partial charge in [0.25, 0.3) is 0 Å². The summed E-state index contributed by atoms with van der Waals surface area (Å²) >= 11 is 6.03. The Labute approximate surface area is 103 Å². The summed E-state index contributed by atoms with van der Waals surface area (Å²) in [4.78, 5) is 7.89. The first-order valence-corrected chi connectivity index (χ1v) is 5.22. The topological polar surface area (TPSA) is 87.0 Å². The molecule has 4 N–H and O–H groups in total. The normalized spacial score (nSPS) is 10.2. The van der Waals surface area contributed by atoms with Gasteiger partial charge in [-0.25, -0.2) is 4.98 Å². The van der Waals surface area contributed by atoms with Crippen LogP contribution in [0.1, 0.15) is 0 Å². The molecule has 5 nitrogen and oxygen atoms in total. The third kappa shape index (κ3) is 2.39. The van der Waals surface area contributed by atoms with Crippen molar-refractivity contribution in [1.82, 2.24) is 9.97 Å². The van der Waals surface area contributed by atoms with Crippen LogP contribution in [0.5, 0.6) is 5.75 Å². The summed E-state index contributed by atoms with van der Waals surface area (Å²) in [7, 11) is 1.56. The lowest BCUT2D eigenvalue weighted by Crippen LogP contribution is -2.00. The maximum atomic E-state index is 6.03. The predicted octanol–water partition coefficient (Wildman–Crippen LogP) is 1.97. The van der Waals surface area contributed by atoms with Gasteiger partial charge in [-0.05, 0) is 18.2 Å². The standard InChI is InChI=1S/C11H11ClN4O/c1-17-9-3-2-6(4-7(9)12)8-5-10(13)16-11(14)15-8/h2-5H,1H3,(H4,13,14,15,16). The molecular formula is C11H11ClN4O. The Morgan fingerprint density at radius 1 is 1.18 bits per heavy atom. The van der Waals surface area contributed by atoms with Gasteiger partial charge in [0.05, 0.1) is 17.8 Å². The summed E-state index contributed by atoms with van der Waals surface area (Å²) < 4.78 is 5.07. The van der Waals surface area contributed by atoms with Gasteiger partial charge in [-0.2, -0.15) is 4.98 Å². The molecule has 0 atom stereocenters. The van der Waals surface area contributed by atoms with Crippen LogP contribution in [0.15, 0.2) is 24.3 Å². The summed E-state index contributed by atoms with van der Waals surface area (Å²) in [6, 6.07) is 6.95. The van der Waals surface area contributed by atoms with E-state index in [-0.39, 0.29) is 5.95 Å². The van der Waals surface area contributed by atoms with Crippen LogP contribution in [0, 0.1) is 0 Å². The Hall–Kier alpha value is -2.01. The van der Waals surface area contributed by atoms with Crippen molar-refractivity contribution in [2.24, 2.45) is 0 Å². The van der Waals surface area contributed by atoms with Crippen molar-refractivity contribution in [2.45, 2.75) is 0 Å². The number of nitrogens with zero attached hydrogens (tertiary/aromatic N) is 2. The van der Waals surface area contributed by atoms with Gasteiger partial charge < -0.3 is 16.2 Å². The molecule has 0 aliphatic carbocycles. The number of nitrogen functional groups attached to an aromatic ring is 2. The maximum Gasteiger partial charge on any atom is 0.222 e. The zero-order valence-electron chi connectivity index (χ0n) is 9.14. The minimum atomic E-state index is 0.131. The largest absolute Gasteiger partial charge is 0.495 e. The molecule has 0 unspecified atom stereocenters. The van der Waals surface area contributed by atoms with Gasteiger partial charge in [0, 0.05) is 11.6 Å². The second-order valence-electron chi connectivity index (χ2n) is 3.39. The fraction of sp³-hybridized carbons (Fsp3) is 0.0909. The highest BCUT2D eigenvalue weighted by molar-refractivity contribution is 6.32. The minimum absolute atomic E-state index is 0.131. The van der Waals surface area contributed by atoms with Crippen molar-refractivity contribution >= 4 is 23.4 Å². The first kappa shape index (κ1) is 11.5. The SMILES string of the molecule is COc1ccc(-c2cc(N)nc(N)n2)cc1Cl. The van der Waals surface area contributed by atoms with Crippen molar-refractivity contribution in [3.05, 3.63) is 29.3 Å². The first-order chi connectivity index (χ1) is 8.10. The minimum Gasteiger partial charge on any atom is -0.495 e. The predicted molar refractivity (Wildman–Crippen MR) is 67.9 cm³/mol. The zero-order valence-corrected chi connectivity index (χ0v) is 9.90. The van der Waals surface area contributed by atoms with Gasteiger partial charge in [0.2, 0.25) is 5.95 Å². The first-order valence-electron chi connectivity index (χ1n) is 4.84. The van der Waals surface area contributed by atoms with E-state index in [9.17, 15) is 0 Å². The van der Waals surface area contributed by atoms with E-state index in [1.165, 1.54) is 0 Å². The van der Waals surface area contributed by atoms with E-state index in [1.807, 2.05) is 6.07 Å². The van der Waals surface area contributed by atoms with E-state index >= 15 is 0 Å². The summed E-state index contributed by atoms with van der Waals surface area (Å²) in [5.41, 5.74) is 12.6. The molecule has 1 aromatic carbocycles. The molecule has 0 saturated heterocycles. The Balaban J connectivity index is 2.49. The van der Waals surface area contributed by atoms with Gasteiger partial charge in [0.15, 0.2) is 0 Å². The van der Waals surface area contributed by atoms with Crippen LogP contribution in [0.4, 0.5) is 11.8 Å². The smallest absolute Gasteiger partial charge is 0.222 e. The number of halogens is 1.